The van der Waals surface area contributed by atoms with Gasteiger partial charge >= 0.3 is 0 Å². The highest BCUT2D eigenvalue weighted by Crippen LogP contribution is 2.48. The van der Waals surface area contributed by atoms with Crippen LogP contribution in [0.25, 0.3) is 88.1 Å². The molecule has 0 unspecified atom stereocenters. The van der Waals surface area contributed by atoms with Crippen LogP contribution in [0.3, 0.4) is 0 Å². The van der Waals surface area contributed by atoms with Crippen molar-refractivity contribution in [1.82, 2.24) is 15.0 Å². The highest BCUT2D eigenvalue weighted by atomic mass is 15.0. The van der Waals surface area contributed by atoms with Gasteiger partial charge in [-0.25, -0.2) is 15.0 Å². The van der Waals surface area contributed by atoms with E-state index in [1.165, 1.54) is 93.2 Å². The van der Waals surface area contributed by atoms with E-state index in [2.05, 4.69) is 247 Å². The Morgan fingerprint density at radius 3 is 1.09 bits per heavy atom. The van der Waals surface area contributed by atoms with Gasteiger partial charge < -0.3 is 0 Å². The van der Waals surface area contributed by atoms with E-state index in [1.807, 2.05) is 0 Å². The molecule has 0 radical (unpaired) electrons. The molecule has 0 fully saturated rings. The van der Waals surface area contributed by atoms with Crippen LogP contribution in [-0.2, 0) is 34.5 Å². The summed E-state index contributed by atoms with van der Waals surface area (Å²) in [5, 5.41) is 9.97. The molecule has 1 aromatic heterocycles. The Morgan fingerprint density at radius 1 is 0.314 bits per heavy atom. The number of hydrogen-bond acceptors (Lipinski definition) is 3. The lowest BCUT2D eigenvalue weighted by molar-refractivity contribution is 0.569. The minimum absolute atomic E-state index is 0.0340. The summed E-state index contributed by atoms with van der Waals surface area (Å²) >= 11 is 0. The van der Waals surface area contributed by atoms with Gasteiger partial charge in [0, 0.05) is 17.5 Å². The minimum Gasteiger partial charge on any atom is -0.213 e. The lowest BCUT2D eigenvalue weighted by Crippen LogP contribution is -2.16. The molecule has 70 heavy (non-hydrogen) atoms. The van der Waals surface area contributed by atoms with Crippen LogP contribution in [0.5, 0.6) is 0 Å². The highest BCUT2D eigenvalue weighted by Gasteiger charge is 2.26. The quantitative estimate of drug-likeness (QED) is 0.150. The van der Waals surface area contributed by atoms with Gasteiger partial charge in [0.05, 0.1) is 0 Å². The molecule has 0 aliphatic carbocycles. The first-order valence-electron chi connectivity index (χ1n) is 25.2. The fourth-order valence-electron chi connectivity index (χ4n) is 10.1. The normalized spacial score (nSPS) is 12.7. The molecule has 9 aromatic carbocycles. The Kier molecular flexibility index (Phi) is 11.7. The van der Waals surface area contributed by atoms with Gasteiger partial charge in [-0.1, -0.05) is 223 Å². The monoisotopic (exact) mass is 914 g/mol. The lowest BCUT2D eigenvalue weighted by atomic mass is 9.77. The second kappa shape index (κ2) is 17.5. The van der Waals surface area contributed by atoms with Gasteiger partial charge in [0.2, 0.25) is 0 Å². The summed E-state index contributed by atoms with van der Waals surface area (Å²) in [5.41, 5.74) is 13.6. The molecule has 0 N–H and O–H groups in total. The van der Waals surface area contributed by atoms with Crippen molar-refractivity contribution in [3.8, 4) is 45.0 Å². The Hall–Kier alpha value is -6.97. The Morgan fingerprint density at radius 2 is 0.686 bits per heavy atom. The molecule has 10 aromatic rings. The summed E-state index contributed by atoms with van der Waals surface area (Å²) in [6.07, 6.45) is 1.40. The van der Waals surface area contributed by atoms with Crippen LogP contribution in [-0.4, -0.2) is 15.0 Å². The molecule has 0 atom stereocenters. The molecule has 3 heteroatoms. The molecule has 0 aliphatic rings. The van der Waals surface area contributed by atoms with Crippen LogP contribution in [0, 0.1) is 0 Å². The van der Waals surface area contributed by atoms with Gasteiger partial charge in [-0.3, -0.25) is 0 Å². The van der Waals surface area contributed by atoms with Crippen LogP contribution < -0.4 is 0 Å². The molecule has 350 valence electrons. The number of benzene rings is 9. The Labute approximate surface area is 416 Å². The van der Waals surface area contributed by atoms with Crippen molar-refractivity contribution in [1.29, 1.82) is 0 Å². The molecule has 0 saturated carbocycles. The summed E-state index contributed by atoms with van der Waals surface area (Å²) in [5.74, 6) is 2.18. The molecule has 0 aliphatic heterocycles. The average Bonchev–Trinajstić information content (AvgIpc) is 3.32. The predicted octanol–water partition coefficient (Wildman–Crippen LogP) is 18.1. The van der Waals surface area contributed by atoms with E-state index in [4.69, 9.17) is 15.0 Å². The Balaban J connectivity index is 1.18. The first-order valence-corrected chi connectivity index (χ1v) is 25.2. The van der Waals surface area contributed by atoms with Gasteiger partial charge in [0.15, 0.2) is 11.6 Å². The van der Waals surface area contributed by atoms with Crippen molar-refractivity contribution < 1.29 is 0 Å². The predicted molar refractivity (Wildman–Crippen MR) is 300 cm³/mol. The van der Waals surface area contributed by atoms with Gasteiger partial charge in [-0.05, 0) is 146 Å². The standard InChI is InChI=1S/C67H67N3/c1-64(2,3)50-30-25-43(26-31-50)62-68-59(69-63(70-62)44-27-32-51(33-28-44)65(4,5)6)34-29-42-19-17-18-24-54(42)61-57-39-47-22-15-13-20-45(47)37-55(57)60(56-38-46-21-14-16-23-48(46)40-58(56)61)49-35-52(66(7,8)9)41-53(36-49)67(10,11)12/h13-28,30-33,35-41H,29,34H2,1-12H3. The van der Waals surface area contributed by atoms with E-state index in [-0.39, 0.29) is 21.7 Å². The molecule has 1 heterocycles. The van der Waals surface area contributed by atoms with Crippen molar-refractivity contribution in [2.75, 3.05) is 0 Å². The zero-order valence-electron chi connectivity index (χ0n) is 43.3. The van der Waals surface area contributed by atoms with Crippen molar-refractivity contribution >= 4 is 43.1 Å². The molecule has 3 nitrogen and oxygen atoms in total. The third-order valence-electron chi connectivity index (χ3n) is 14.4. The van der Waals surface area contributed by atoms with Crippen LogP contribution in [0.1, 0.15) is 117 Å². The van der Waals surface area contributed by atoms with Gasteiger partial charge in [0.1, 0.15) is 5.82 Å². The van der Waals surface area contributed by atoms with Crippen molar-refractivity contribution in [2.45, 2.75) is 118 Å². The zero-order chi connectivity index (χ0) is 49.3. The zero-order valence-corrected chi connectivity index (χ0v) is 43.3. The van der Waals surface area contributed by atoms with Crippen molar-refractivity contribution in [3.05, 3.63) is 197 Å². The number of aromatic nitrogens is 3. The average molecular weight is 914 g/mol. The van der Waals surface area contributed by atoms with Crippen LogP contribution >= 0.6 is 0 Å². The van der Waals surface area contributed by atoms with Crippen molar-refractivity contribution in [3.63, 3.8) is 0 Å². The molecule has 0 amide bonds. The number of rotatable bonds is 7. The second-order valence-corrected chi connectivity index (χ2v) is 23.7. The lowest BCUT2D eigenvalue weighted by Gasteiger charge is -2.27. The summed E-state index contributed by atoms with van der Waals surface area (Å²) in [4.78, 5) is 15.6. The first-order chi connectivity index (χ1) is 33.2. The van der Waals surface area contributed by atoms with Gasteiger partial charge in [-0.2, -0.15) is 0 Å². The molecule has 0 spiro atoms. The number of fused-ring (bicyclic) bond motifs is 4. The maximum absolute atomic E-state index is 5.23. The molecule has 0 bridgehead atoms. The SMILES string of the molecule is CC(C)(C)c1ccc(-c2nc(CCc3ccccc3-c3c4cc5ccccc5cc4c(-c4cc(C(C)(C)C)cc(C(C)(C)C)c4)c4cc5ccccc5cc34)nc(-c3ccc(C(C)(C)C)cc3)n2)cc1. The largest absolute Gasteiger partial charge is 0.213 e. The first kappa shape index (κ1) is 46.7. The fourth-order valence-corrected chi connectivity index (χ4v) is 10.1. The molecule has 10 rings (SSSR count). The van der Waals surface area contributed by atoms with E-state index >= 15 is 0 Å². The summed E-state index contributed by atoms with van der Waals surface area (Å²) in [6.45, 7) is 27.5. The smallest absolute Gasteiger partial charge is 0.163 e. The summed E-state index contributed by atoms with van der Waals surface area (Å²) in [6, 6.07) is 61.4. The maximum atomic E-state index is 5.23. The van der Waals surface area contributed by atoms with Crippen LogP contribution in [0.2, 0.25) is 0 Å². The van der Waals surface area contributed by atoms with Gasteiger partial charge in [0.25, 0.3) is 0 Å². The molecular formula is C67H67N3. The molecular weight excluding hydrogens is 847 g/mol. The number of aryl methyl sites for hydroxylation is 2. The third-order valence-corrected chi connectivity index (χ3v) is 14.4. The van der Waals surface area contributed by atoms with Crippen LogP contribution in [0.15, 0.2) is 164 Å². The highest BCUT2D eigenvalue weighted by molar-refractivity contribution is 6.25. The minimum atomic E-state index is -0.0340. The summed E-state index contributed by atoms with van der Waals surface area (Å²) in [7, 11) is 0. The molecule has 0 saturated heterocycles. The van der Waals surface area contributed by atoms with E-state index in [0.717, 1.165) is 23.4 Å². The Bertz CT molecular complexity index is 3400. The van der Waals surface area contributed by atoms with E-state index in [1.54, 1.807) is 0 Å². The van der Waals surface area contributed by atoms with Gasteiger partial charge in [-0.15, -0.1) is 0 Å². The topological polar surface area (TPSA) is 38.7 Å². The maximum Gasteiger partial charge on any atom is 0.163 e. The van der Waals surface area contributed by atoms with Crippen molar-refractivity contribution in [2.24, 2.45) is 0 Å². The van der Waals surface area contributed by atoms with Crippen LogP contribution in [0.4, 0.5) is 0 Å². The number of nitrogens with zero attached hydrogens (tertiary/aromatic N) is 3. The number of hydrogen-bond donors (Lipinski definition) is 0. The fraction of sp³-hybridized carbons (Fsp3) is 0.269. The van der Waals surface area contributed by atoms with E-state index < -0.39 is 0 Å². The van der Waals surface area contributed by atoms with E-state index in [0.29, 0.717) is 18.1 Å². The third kappa shape index (κ3) is 9.15. The summed E-state index contributed by atoms with van der Waals surface area (Å²) < 4.78 is 0. The van der Waals surface area contributed by atoms with E-state index in [9.17, 15) is 0 Å². The second-order valence-electron chi connectivity index (χ2n) is 23.7.